The Bertz CT molecular complexity index is 858. The van der Waals surface area contributed by atoms with Crippen LogP contribution in [0.15, 0.2) is 34.9 Å². The number of hydrogen-bond acceptors (Lipinski definition) is 6. The quantitative estimate of drug-likeness (QED) is 0.648. The van der Waals surface area contributed by atoms with Crippen molar-refractivity contribution in [3.63, 3.8) is 0 Å². The van der Waals surface area contributed by atoms with Crippen LogP contribution in [0.25, 0.3) is 0 Å². The van der Waals surface area contributed by atoms with Gasteiger partial charge in [0, 0.05) is 30.3 Å². The SMILES string of the molecule is CC(C)(COC1CCCCO1)c1cc(CC(=O)[C@@H]2CCN2c2ccc(F)cc2)on1. The molecule has 2 aliphatic rings. The first-order chi connectivity index (χ1) is 14.4. The molecule has 7 heteroatoms. The van der Waals surface area contributed by atoms with Gasteiger partial charge in [0.1, 0.15) is 11.6 Å². The summed E-state index contributed by atoms with van der Waals surface area (Å²) >= 11 is 0. The van der Waals surface area contributed by atoms with Gasteiger partial charge in [0.15, 0.2) is 12.1 Å². The van der Waals surface area contributed by atoms with Gasteiger partial charge in [0.25, 0.3) is 0 Å². The minimum Gasteiger partial charge on any atom is -0.361 e. The summed E-state index contributed by atoms with van der Waals surface area (Å²) in [5.41, 5.74) is 1.29. The zero-order chi connectivity index (χ0) is 21.1. The van der Waals surface area contributed by atoms with Crippen LogP contribution in [0.4, 0.5) is 10.1 Å². The van der Waals surface area contributed by atoms with Crippen molar-refractivity contribution >= 4 is 11.5 Å². The molecule has 162 valence electrons. The fourth-order valence-corrected chi connectivity index (χ4v) is 3.89. The number of Topliss-reactive ketones (excluding diaryl/α,β-unsaturated/α-hetero) is 1. The normalized spacial score (nSPS) is 22.0. The Kier molecular flexibility index (Phi) is 6.20. The average molecular weight is 416 g/mol. The van der Waals surface area contributed by atoms with E-state index in [4.69, 9.17) is 14.0 Å². The van der Waals surface area contributed by atoms with Crippen molar-refractivity contribution in [3.8, 4) is 0 Å². The Morgan fingerprint density at radius 1 is 1.27 bits per heavy atom. The van der Waals surface area contributed by atoms with Gasteiger partial charge < -0.3 is 18.9 Å². The van der Waals surface area contributed by atoms with Crippen LogP contribution in [-0.2, 0) is 26.1 Å². The van der Waals surface area contributed by atoms with Gasteiger partial charge in [-0.1, -0.05) is 19.0 Å². The second-order valence-corrected chi connectivity index (χ2v) is 8.79. The Morgan fingerprint density at radius 2 is 2.07 bits per heavy atom. The first kappa shape index (κ1) is 21.0. The number of carbonyl (C=O) groups excluding carboxylic acids is 1. The number of ether oxygens (including phenoxy) is 2. The third-order valence-corrected chi connectivity index (χ3v) is 5.92. The third kappa shape index (κ3) is 4.73. The van der Waals surface area contributed by atoms with Crippen molar-refractivity contribution in [3.05, 3.63) is 47.6 Å². The van der Waals surface area contributed by atoms with Crippen molar-refractivity contribution in [2.24, 2.45) is 0 Å². The van der Waals surface area contributed by atoms with Crippen molar-refractivity contribution in [1.29, 1.82) is 0 Å². The molecule has 2 aromatic rings. The predicted octanol–water partition coefficient (Wildman–Crippen LogP) is 4.03. The highest BCUT2D eigenvalue weighted by Crippen LogP contribution is 2.29. The molecular weight excluding hydrogens is 387 g/mol. The molecule has 1 aromatic carbocycles. The van der Waals surface area contributed by atoms with Crippen LogP contribution in [0.3, 0.4) is 0 Å². The summed E-state index contributed by atoms with van der Waals surface area (Å²) in [6.07, 6.45) is 3.96. The predicted molar refractivity (Wildman–Crippen MR) is 110 cm³/mol. The lowest BCUT2D eigenvalue weighted by Crippen LogP contribution is -2.53. The number of ketones is 1. The van der Waals surface area contributed by atoms with Gasteiger partial charge in [-0.3, -0.25) is 4.79 Å². The summed E-state index contributed by atoms with van der Waals surface area (Å²) in [5, 5.41) is 4.19. The van der Waals surface area contributed by atoms with E-state index in [1.807, 2.05) is 24.8 Å². The standard InChI is InChI=1S/C23H29FN2O4/c1-23(2,15-29-22-5-3-4-12-28-22)21-14-18(30-25-21)13-20(27)19-10-11-26(19)17-8-6-16(24)7-9-17/h6-9,14,19,22H,3-5,10-13,15H2,1-2H3/t19-,22?/m0/s1. The molecule has 0 spiro atoms. The highest BCUT2D eigenvalue weighted by Gasteiger charge is 2.35. The number of anilines is 1. The van der Waals surface area contributed by atoms with E-state index in [9.17, 15) is 9.18 Å². The Hall–Kier alpha value is -2.25. The van der Waals surface area contributed by atoms with Gasteiger partial charge in [-0.15, -0.1) is 0 Å². The number of rotatable bonds is 8. The molecule has 1 unspecified atom stereocenters. The van der Waals surface area contributed by atoms with Crippen molar-refractivity contribution in [1.82, 2.24) is 5.16 Å². The lowest BCUT2D eigenvalue weighted by atomic mass is 9.89. The van der Waals surface area contributed by atoms with Gasteiger partial charge in [-0.05, 0) is 49.9 Å². The Morgan fingerprint density at radius 3 is 2.73 bits per heavy atom. The van der Waals surface area contributed by atoms with Gasteiger partial charge in [0.2, 0.25) is 0 Å². The van der Waals surface area contributed by atoms with E-state index in [1.165, 1.54) is 12.1 Å². The number of nitrogens with zero attached hydrogens (tertiary/aromatic N) is 2. The summed E-state index contributed by atoms with van der Waals surface area (Å²) in [6.45, 7) is 6.09. The van der Waals surface area contributed by atoms with Crippen LogP contribution in [0.1, 0.15) is 51.0 Å². The summed E-state index contributed by atoms with van der Waals surface area (Å²) in [4.78, 5) is 14.8. The molecule has 4 rings (SSSR count). The first-order valence-electron chi connectivity index (χ1n) is 10.7. The first-order valence-corrected chi connectivity index (χ1v) is 10.7. The molecule has 0 saturated carbocycles. The molecule has 0 amide bonds. The lowest BCUT2D eigenvalue weighted by molar-refractivity contribution is -0.170. The number of aromatic nitrogens is 1. The maximum Gasteiger partial charge on any atom is 0.162 e. The second-order valence-electron chi connectivity index (χ2n) is 8.79. The van der Waals surface area contributed by atoms with Crippen LogP contribution in [-0.4, -0.2) is 43.0 Å². The molecule has 1 aromatic heterocycles. The molecule has 2 fully saturated rings. The van der Waals surface area contributed by atoms with Gasteiger partial charge >= 0.3 is 0 Å². The number of hydrogen-bond donors (Lipinski definition) is 0. The topological polar surface area (TPSA) is 64.8 Å². The van der Waals surface area contributed by atoms with Crippen LogP contribution in [0.5, 0.6) is 0 Å². The molecule has 30 heavy (non-hydrogen) atoms. The summed E-state index contributed by atoms with van der Waals surface area (Å²) in [5.74, 6) is 0.360. The van der Waals surface area contributed by atoms with E-state index in [1.54, 1.807) is 12.1 Å². The van der Waals surface area contributed by atoms with Crippen LogP contribution < -0.4 is 4.90 Å². The second kappa shape index (κ2) is 8.86. The van der Waals surface area contributed by atoms with E-state index in [0.717, 1.165) is 50.2 Å². The van der Waals surface area contributed by atoms with Crippen LogP contribution >= 0.6 is 0 Å². The van der Waals surface area contributed by atoms with Crippen molar-refractivity contribution in [2.45, 2.75) is 63.7 Å². The lowest BCUT2D eigenvalue weighted by Gasteiger charge is -2.41. The Balaban J connectivity index is 1.33. The zero-order valence-corrected chi connectivity index (χ0v) is 17.6. The van der Waals surface area contributed by atoms with Crippen molar-refractivity contribution in [2.75, 3.05) is 24.7 Å². The molecular formula is C23H29FN2O4. The number of carbonyl (C=O) groups is 1. The largest absolute Gasteiger partial charge is 0.361 e. The molecule has 2 saturated heterocycles. The van der Waals surface area contributed by atoms with E-state index in [2.05, 4.69) is 5.16 Å². The highest BCUT2D eigenvalue weighted by molar-refractivity contribution is 5.90. The average Bonchev–Trinajstić information content (AvgIpc) is 3.17. The molecule has 2 atom stereocenters. The third-order valence-electron chi connectivity index (χ3n) is 5.92. The number of benzene rings is 1. The molecule has 0 N–H and O–H groups in total. The van der Waals surface area contributed by atoms with Gasteiger partial charge in [-0.2, -0.15) is 0 Å². The Labute approximate surface area is 176 Å². The van der Waals surface area contributed by atoms with Crippen LogP contribution in [0.2, 0.25) is 0 Å². The monoisotopic (exact) mass is 416 g/mol. The fraction of sp³-hybridized carbons (Fsp3) is 0.565. The maximum atomic E-state index is 13.2. The van der Waals surface area contributed by atoms with Crippen LogP contribution in [0, 0.1) is 5.82 Å². The molecule has 2 aliphatic heterocycles. The smallest absolute Gasteiger partial charge is 0.162 e. The van der Waals surface area contributed by atoms with Gasteiger partial charge in [0.05, 0.1) is 24.8 Å². The molecule has 0 bridgehead atoms. The number of halogens is 1. The minimum absolute atomic E-state index is 0.0814. The summed E-state index contributed by atoms with van der Waals surface area (Å²) in [6, 6.07) is 7.90. The van der Waals surface area contributed by atoms with Gasteiger partial charge in [-0.25, -0.2) is 4.39 Å². The van der Waals surface area contributed by atoms with E-state index in [-0.39, 0.29) is 35.8 Å². The maximum absolute atomic E-state index is 13.2. The van der Waals surface area contributed by atoms with E-state index in [0.29, 0.717) is 12.4 Å². The highest BCUT2D eigenvalue weighted by atomic mass is 19.1. The minimum atomic E-state index is -0.345. The molecule has 0 aliphatic carbocycles. The summed E-state index contributed by atoms with van der Waals surface area (Å²) in [7, 11) is 0. The molecule has 3 heterocycles. The van der Waals surface area contributed by atoms with Crippen molar-refractivity contribution < 1.29 is 23.2 Å². The van der Waals surface area contributed by atoms with E-state index < -0.39 is 0 Å². The summed E-state index contributed by atoms with van der Waals surface area (Å²) < 4.78 is 30.2. The van der Waals surface area contributed by atoms with E-state index >= 15 is 0 Å². The molecule has 0 radical (unpaired) electrons. The molecule has 6 nitrogen and oxygen atoms in total. The fourth-order valence-electron chi connectivity index (χ4n) is 3.89. The zero-order valence-electron chi connectivity index (χ0n) is 17.6.